The molecule has 0 bridgehead atoms. The van der Waals surface area contributed by atoms with Crippen LogP contribution in [0.1, 0.15) is 17.5 Å². The highest BCUT2D eigenvalue weighted by Crippen LogP contribution is 2.29. The molecule has 26 heavy (non-hydrogen) atoms. The first-order valence-electron chi connectivity index (χ1n) is 8.11. The lowest BCUT2D eigenvalue weighted by molar-refractivity contribution is -0.121. The van der Waals surface area contributed by atoms with E-state index < -0.39 is 6.61 Å². The van der Waals surface area contributed by atoms with Gasteiger partial charge < -0.3 is 14.8 Å². The minimum Gasteiger partial charge on any atom is -0.493 e. The van der Waals surface area contributed by atoms with Crippen molar-refractivity contribution in [2.75, 3.05) is 13.7 Å². The van der Waals surface area contributed by atoms with E-state index in [9.17, 15) is 18.0 Å². The van der Waals surface area contributed by atoms with Crippen molar-refractivity contribution < 1.29 is 27.4 Å². The van der Waals surface area contributed by atoms with E-state index in [1.807, 2.05) is 0 Å². The van der Waals surface area contributed by atoms with Gasteiger partial charge in [-0.3, -0.25) is 4.79 Å². The number of carbonyl (C=O) groups is 1. The number of ether oxygens (including phenoxy) is 2. The molecule has 0 aliphatic heterocycles. The molecule has 0 heterocycles. The average Bonchev–Trinajstić information content (AvgIpc) is 2.61. The molecule has 1 amide bonds. The largest absolute Gasteiger partial charge is 0.493 e. The van der Waals surface area contributed by atoms with Gasteiger partial charge in [0.15, 0.2) is 11.5 Å². The molecule has 1 N–H and O–H groups in total. The molecule has 7 heteroatoms. The Bertz CT molecular complexity index is 738. The van der Waals surface area contributed by atoms with Crippen LogP contribution >= 0.6 is 0 Å². The van der Waals surface area contributed by atoms with Gasteiger partial charge in [0, 0.05) is 13.0 Å². The maximum absolute atomic E-state index is 13.1. The minimum absolute atomic E-state index is 0.0367. The number of halogens is 3. The molecule has 4 nitrogen and oxygen atoms in total. The maximum Gasteiger partial charge on any atom is 0.387 e. The van der Waals surface area contributed by atoms with Gasteiger partial charge in [-0.2, -0.15) is 8.78 Å². The Morgan fingerprint density at radius 1 is 1.08 bits per heavy atom. The summed E-state index contributed by atoms with van der Waals surface area (Å²) in [6.07, 6.45) is 1.22. The summed E-state index contributed by atoms with van der Waals surface area (Å²) in [5, 5.41) is 2.78. The maximum atomic E-state index is 13.1. The summed E-state index contributed by atoms with van der Waals surface area (Å²) in [4.78, 5) is 11.9. The summed E-state index contributed by atoms with van der Waals surface area (Å²) in [5.74, 6) is -0.291. The number of nitrogens with one attached hydrogen (secondary N) is 1. The fourth-order valence-electron chi connectivity index (χ4n) is 2.45. The smallest absolute Gasteiger partial charge is 0.387 e. The lowest BCUT2D eigenvalue weighted by Crippen LogP contribution is -2.25. The predicted molar refractivity (Wildman–Crippen MR) is 91.1 cm³/mol. The van der Waals surface area contributed by atoms with E-state index in [1.165, 1.54) is 25.3 Å². The van der Waals surface area contributed by atoms with Gasteiger partial charge in [0.05, 0.1) is 7.11 Å². The highest BCUT2D eigenvalue weighted by Gasteiger charge is 2.11. The van der Waals surface area contributed by atoms with Gasteiger partial charge in [-0.05, 0) is 48.2 Å². The summed E-state index contributed by atoms with van der Waals surface area (Å²) in [5.41, 5.74) is 1.58. The molecule has 0 fully saturated rings. The number of methoxy groups -OCH3 is 1. The number of amides is 1. The van der Waals surface area contributed by atoms with E-state index in [0.29, 0.717) is 19.4 Å². The fraction of sp³-hybridized carbons (Fsp3) is 0.316. The van der Waals surface area contributed by atoms with Crippen molar-refractivity contribution in [3.63, 3.8) is 0 Å². The molecular formula is C19H20F3NO3. The van der Waals surface area contributed by atoms with Crippen LogP contribution in [0.3, 0.4) is 0 Å². The zero-order valence-corrected chi connectivity index (χ0v) is 14.3. The lowest BCUT2D eigenvalue weighted by Gasteiger charge is -2.11. The fourth-order valence-corrected chi connectivity index (χ4v) is 2.45. The second-order valence-corrected chi connectivity index (χ2v) is 5.59. The van der Waals surface area contributed by atoms with Crippen molar-refractivity contribution in [2.24, 2.45) is 0 Å². The van der Waals surface area contributed by atoms with E-state index in [2.05, 4.69) is 10.1 Å². The third-order valence-electron chi connectivity index (χ3n) is 3.71. The summed E-state index contributed by atoms with van der Waals surface area (Å²) in [6, 6.07) is 10.8. The van der Waals surface area contributed by atoms with Crippen LogP contribution in [0.25, 0.3) is 0 Å². The zero-order valence-electron chi connectivity index (χ0n) is 14.3. The number of hydrogen-bond donors (Lipinski definition) is 1. The van der Waals surface area contributed by atoms with Crippen molar-refractivity contribution in [3.05, 3.63) is 59.4 Å². The number of carbonyl (C=O) groups excluding carboxylic acids is 1. The third kappa shape index (κ3) is 6.31. The monoisotopic (exact) mass is 367 g/mol. The second kappa shape index (κ2) is 9.70. The molecule has 0 aromatic heterocycles. The standard InChI is InChI=1S/C19H20F3NO3/c1-25-17-12-14(5-7-16(17)26-19(21)22)9-10-23-18(24)8-6-13-3-2-4-15(20)11-13/h2-5,7,11-12,19H,6,8-10H2,1H3,(H,23,24). The average molecular weight is 367 g/mol. The number of rotatable bonds is 9. The van der Waals surface area contributed by atoms with Gasteiger partial charge >= 0.3 is 6.61 Å². The van der Waals surface area contributed by atoms with Gasteiger partial charge in [0.1, 0.15) is 5.82 Å². The van der Waals surface area contributed by atoms with E-state index in [0.717, 1.165) is 11.1 Å². The van der Waals surface area contributed by atoms with Crippen LogP contribution in [-0.2, 0) is 17.6 Å². The van der Waals surface area contributed by atoms with Crippen molar-refractivity contribution in [1.29, 1.82) is 0 Å². The quantitative estimate of drug-likeness (QED) is 0.735. The second-order valence-electron chi connectivity index (χ2n) is 5.59. The zero-order chi connectivity index (χ0) is 18.9. The van der Waals surface area contributed by atoms with E-state index >= 15 is 0 Å². The van der Waals surface area contributed by atoms with Crippen molar-refractivity contribution in [2.45, 2.75) is 25.9 Å². The van der Waals surface area contributed by atoms with Crippen molar-refractivity contribution >= 4 is 5.91 Å². The van der Waals surface area contributed by atoms with E-state index in [4.69, 9.17) is 4.74 Å². The van der Waals surface area contributed by atoms with E-state index in [1.54, 1.807) is 24.3 Å². The highest BCUT2D eigenvalue weighted by molar-refractivity contribution is 5.76. The summed E-state index contributed by atoms with van der Waals surface area (Å²) >= 11 is 0. The molecule has 0 atom stereocenters. The molecule has 0 unspecified atom stereocenters. The molecule has 0 saturated carbocycles. The molecule has 2 aromatic rings. The molecular weight excluding hydrogens is 347 g/mol. The molecule has 0 spiro atoms. The van der Waals surface area contributed by atoms with Gasteiger partial charge in [-0.25, -0.2) is 4.39 Å². The summed E-state index contributed by atoms with van der Waals surface area (Å²) in [6.45, 7) is -2.53. The van der Waals surface area contributed by atoms with Crippen LogP contribution in [0, 0.1) is 5.82 Å². The molecule has 0 saturated heterocycles. The Morgan fingerprint density at radius 3 is 2.54 bits per heavy atom. The van der Waals surface area contributed by atoms with Crippen LogP contribution in [-0.4, -0.2) is 26.2 Å². The van der Waals surface area contributed by atoms with Crippen molar-refractivity contribution in [3.8, 4) is 11.5 Å². The van der Waals surface area contributed by atoms with Crippen LogP contribution in [0.4, 0.5) is 13.2 Å². The number of benzene rings is 2. The van der Waals surface area contributed by atoms with Crippen LogP contribution in [0.15, 0.2) is 42.5 Å². The molecule has 0 aliphatic rings. The minimum atomic E-state index is -2.92. The first-order valence-corrected chi connectivity index (χ1v) is 8.11. The Morgan fingerprint density at radius 2 is 1.85 bits per heavy atom. The molecule has 0 radical (unpaired) electrons. The van der Waals surface area contributed by atoms with Crippen LogP contribution < -0.4 is 14.8 Å². The normalized spacial score (nSPS) is 10.7. The molecule has 2 rings (SSSR count). The highest BCUT2D eigenvalue weighted by atomic mass is 19.3. The Labute approximate surface area is 149 Å². The van der Waals surface area contributed by atoms with Gasteiger partial charge in [-0.1, -0.05) is 18.2 Å². The number of alkyl halides is 2. The van der Waals surface area contributed by atoms with Crippen molar-refractivity contribution in [1.82, 2.24) is 5.32 Å². The van der Waals surface area contributed by atoms with Gasteiger partial charge in [0.2, 0.25) is 5.91 Å². The van der Waals surface area contributed by atoms with Gasteiger partial charge in [-0.15, -0.1) is 0 Å². The van der Waals surface area contributed by atoms with E-state index in [-0.39, 0.29) is 29.6 Å². The first-order chi connectivity index (χ1) is 12.5. The Kier molecular flexibility index (Phi) is 7.32. The number of hydrogen-bond acceptors (Lipinski definition) is 3. The van der Waals surface area contributed by atoms with Gasteiger partial charge in [0.25, 0.3) is 0 Å². The number of aryl methyl sites for hydroxylation is 1. The third-order valence-corrected chi connectivity index (χ3v) is 3.71. The molecule has 0 aliphatic carbocycles. The Balaban J connectivity index is 1.78. The van der Waals surface area contributed by atoms with Crippen LogP contribution in [0.5, 0.6) is 11.5 Å². The topological polar surface area (TPSA) is 47.6 Å². The summed E-state index contributed by atoms with van der Waals surface area (Å²) < 4.78 is 47.1. The summed E-state index contributed by atoms with van der Waals surface area (Å²) in [7, 11) is 1.37. The Hall–Kier alpha value is -2.70. The predicted octanol–water partition coefficient (Wildman–Crippen LogP) is 3.73. The lowest BCUT2D eigenvalue weighted by atomic mass is 10.1. The molecule has 2 aromatic carbocycles. The van der Waals surface area contributed by atoms with Crippen LogP contribution in [0.2, 0.25) is 0 Å². The SMILES string of the molecule is COc1cc(CCNC(=O)CCc2cccc(F)c2)ccc1OC(F)F. The first kappa shape index (κ1) is 19.6. The molecule has 140 valence electrons.